The van der Waals surface area contributed by atoms with Gasteiger partial charge in [0.05, 0.1) is 0 Å². The molecule has 4 heteroatoms. The van der Waals surface area contributed by atoms with Crippen molar-refractivity contribution in [1.29, 1.82) is 0 Å². The van der Waals surface area contributed by atoms with Gasteiger partial charge in [-0.05, 0) is 6.92 Å². The Kier molecular flexibility index (Phi) is 3.86. The van der Waals surface area contributed by atoms with Crippen molar-refractivity contribution in [3.63, 3.8) is 0 Å². The summed E-state index contributed by atoms with van der Waals surface area (Å²) < 4.78 is 0. The van der Waals surface area contributed by atoms with Gasteiger partial charge in [0.25, 0.3) is 0 Å². The minimum atomic E-state index is -0.925. The lowest BCUT2D eigenvalue weighted by molar-refractivity contribution is -0.566. The third-order valence-electron chi connectivity index (χ3n) is 2.22. The minimum Gasteiger partial charge on any atom is -0.300 e. The molecular formula is C8H15NO3. The molecular weight excluding hydrogens is 158 g/mol. The molecule has 0 aliphatic rings. The maximum Gasteiger partial charge on any atom is 0.219 e. The molecule has 4 nitrogen and oxygen atoms in total. The third-order valence-corrected chi connectivity index (χ3v) is 2.22. The first kappa shape index (κ1) is 11.1. The summed E-state index contributed by atoms with van der Waals surface area (Å²) in [7, 11) is 0. The van der Waals surface area contributed by atoms with Gasteiger partial charge in [-0.2, -0.15) is 0 Å². The van der Waals surface area contributed by atoms with Crippen molar-refractivity contribution in [1.82, 2.24) is 0 Å². The van der Waals surface area contributed by atoms with Gasteiger partial charge in [-0.1, -0.05) is 6.92 Å². The van der Waals surface area contributed by atoms with Crippen molar-refractivity contribution in [2.24, 2.45) is 0 Å². The van der Waals surface area contributed by atoms with E-state index in [9.17, 15) is 14.9 Å². The van der Waals surface area contributed by atoms with E-state index in [0.29, 0.717) is 19.3 Å². The van der Waals surface area contributed by atoms with E-state index in [1.165, 1.54) is 6.92 Å². The molecule has 1 atom stereocenters. The van der Waals surface area contributed by atoms with Gasteiger partial charge in [-0.15, -0.1) is 0 Å². The van der Waals surface area contributed by atoms with Crippen molar-refractivity contribution >= 4 is 5.78 Å². The van der Waals surface area contributed by atoms with Crippen LogP contribution in [0.25, 0.3) is 0 Å². The second kappa shape index (κ2) is 4.18. The van der Waals surface area contributed by atoms with Gasteiger partial charge < -0.3 is 4.79 Å². The van der Waals surface area contributed by atoms with E-state index < -0.39 is 5.54 Å². The monoisotopic (exact) mass is 173 g/mol. The van der Waals surface area contributed by atoms with E-state index in [-0.39, 0.29) is 10.7 Å². The van der Waals surface area contributed by atoms with Crippen molar-refractivity contribution in [3.05, 3.63) is 10.1 Å². The van der Waals surface area contributed by atoms with Crippen molar-refractivity contribution in [2.45, 2.75) is 45.6 Å². The summed E-state index contributed by atoms with van der Waals surface area (Å²) in [5.41, 5.74) is -0.925. The second-order valence-electron chi connectivity index (χ2n) is 3.31. The average molecular weight is 173 g/mol. The Morgan fingerprint density at radius 1 is 1.58 bits per heavy atom. The molecule has 0 amide bonds. The largest absolute Gasteiger partial charge is 0.300 e. The predicted molar refractivity (Wildman–Crippen MR) is 45.6 cm³/mol. The van der Waals surface area contributed by atoms with Crippen LogP contribution in [0.4, 0.5) is 0 Å². The molecule has 0 saturated carbocycles. The molecule has 0 fully saturated rings. The van der Waals surface area contributed by atoms with Crippen molar-refractivity contribution < 1.29 is 9.72 Å². The van der Waals surface area contributed by atoms with Crippen molar-refractivity contribution in [3.8, 4) is 0 Å². The Morgan fingerprint density at radius 2 is 2.08 bits per heavy atom. The molecule has 0 N–H and O–H groups in total. The normalized spacial score (nSPS) is 15.2. The lowest BCUT2D eigenvalue weighted by Crippen LogP contribution is -2.34. The summed E-state index contributed by atoms with van der Waals surface area (Å²) in [6, 6.07) is 0. The SMILES string of the molecule is CCC(C)(CCC(C)=O)[N+](=O)[O-]. The maximum atomic E-state index is 10.6. The Hall–Kier alpha value is -0.930. The molecule has 0 heterocycles. The number of carbonyl (C=O) groups excluding carboxylic acids is 1. The standard InChI is InChI=1S/C8H15NO3/c1-4-8(3,9(11)12)6-5-7(2)10/h4-6H2,1-3H3. The lowest BCUT2D eigenvalue weighted by Gasteiger charge is -2.17. The zero-order valence-corrected chi connectivity index (χ0v) is 7.79. The summed E-state index contributed by atoms with van der Waals surface area (Å²) in [5.74, 6) is 0.0107. The summed E-state index contributed by atoms with van der Waals surface area (Å²) in [5, 5.41) is 10.6. The highest BCUT2D eigenvalue weighted by Gasteiger charge is 2.34. The first-order valence-corrected chi connectivity index (χ1v) is 4.06. The fourth-order valence-electron chi connectivity index (χ4n) is 0.842. The second-order valence-corrected chi connectivity index (χ2v) is 3.31. The summed E-state index contributed by atoms with van der Waals surface area (Å²) in [6.07, 6.45) is 1.10. The number of hydrogen-bond donors (Lipinski definition) is 0. The Bertz CT molecular complexity index is 191. The van der Waals surface area contributed by atoms with Crippen LogP contribution in [0.1, 0.15) is 40.0 Å². The van der Waals surface area contributed by atoms with E-state index in [1.54, 1.807) is 13.8 Å². The first-order valence-electron chi connectivity index (χ1n) is 4.06. The quantitative estimate of drug-likeness (QED) is 0.470. The third kappa shape index (κ3) is 2.98. The van der Waals surface area contributed by atoms with Gasteiger partial charge in [-0.25, -0.2) is 0 Å². The van der Waals surface area contributed by atoms with Crippen LogP contribution in [-0.2, 0) is 4.79 Å². The van der Waals surface area contributed by atoms with Crippen LogP contribution in [0.3, 0.4) is 0 Å². The highest BCUT2D eigenvalue weighted by Crippen LogP contribution is 2.20. The van der Waals surface area contributed by atoms with Crippen LogP contribution in [0.5, 0.6) is 0 Å². The molecule has 0 aromatic rings. The average Bonchev–Trinajstić information content (AvgIpc) is 1.99. The van der Waals surface area contributed by atoms with Crippen LogP contribution in [-0.4, -0.2) is 16.2 Å². The van der Waals surface area contributed by atoms with Gasteiger partial charge in [0.15, 0.2) is 0 Å². The topological polar surface area (TPSA) is 60.2 Å². The van der Waals surface area contributed by atoms with Crippen molar-refractivity contribution in [2.75, 3.05) is 0 Å². The Labute approximate surface area is 72.1 Å². The van der Waals surface area contributed by atoms with E-state index >= 15 is 0 Å². The number of nitro groups is 1. The van der Waals surface area contributed by atoms with Gasteiger partial charge >= 0.3 is 0 Å². The Balaban J connectivity index is 4.15. The first-order chi connectivity index (χ1) is 5.42. The minimum absolute atomic E-state index is 0.0107. The van der Waals surface area contributed by atoms with Crippen LogP contribution in [0, 0.1) is 10.1 Å². The molecule has 0 saturated heterocycles. The predicted octanol–water partition coefficient (Wildman–Crippen LogP) is 1.80. The molecule has 0 aromatic carbocycles. The summed E-state index contributed by atoms with van der Waals surface area (Å²) >= 11 is 0. The Morgan fingerprint density at radius 3 is 2.33 bits per heavy atom. The van der Waals surface area contributed by atoms with E-state index in [4.69, 9.17) is 0 Å². The van der Waals surface area contributed by atoms with Gasteiger partial charge in [-0.3, -0.25) is 10.1 Å². The van der Waals surface area contributed by atoms with E-state index in [0.717, 1.165) is 0 Å². The van der Waals surface area contributed by atoms with Crippen LogP contribution >= 0.6 is 0 Å². The number of hydrogen-bond acceptors (Lipinski definition) is 3. The number of ketones is 1. The highest BCUT2D eigenvalue weighted by molar-refractivity contribution is 5.75. The maximum absolute atomic E-state index is 10.6. The lowest BCUT2D eigenvalue weighted by atomic mass is 9.93. The fourth-order valence-corrected chi connectivity index (χ4v) is 0.842. The molecule has 0 spiro atoms. The van der Waals surface area contributed by atoms with Gasteiger partial charge in [0, 0.05) is 31.1 Å². The number of rotatable bonds is 5. The van der Waals surface area contributed by atoms with E-state index in [2.05, 4.69) is 0 Å². The fraction of sp³-hybridized carbons (Fsp3) is 0.875. The smallest absolute Gasteiger partial charge is 0.219 e. The molecule has 0 bridgehead atoms. The zero-order valence-electron chi connectivity index (χ0n) is 7.79. The highest BCUT2D eigenvalue weighted by atomic mass is 16.6. The molecule has 0 radical (unpaired) electrons. The molecule has 0 aliphatic carbocycles. The van der Waals surface area contributed by atoms with E-state index in [1.807, 2.05) is 0 Å². The summed E-state index contributed by atoms with van der Waals surface area (Å²) in [6.45, 7) is 4.80. The number of Topliss-reactive ketones (excluding diaryl/α,β-unsaturated/α-hetero) is 1. The van der Waals surface area contributed by atoms with Crippen LogP contribution in [0.15, 0.2) is 0 Å². The molecule has 70 valence electrons. The molecule has 12 heavy (non-hydrogen) atoms. The molecule has 0 aromatic heterocycles. The number of nitrogens with zero attached hydrogens (tertiary/aromatic N) is 1. The van der Waals surface area contributed by atoms with Crippen LogP contribution < -0.4 is 0 Å². The summed E-state index contributed by atoms with van der Waals surface area (Å²) in [4.78, 5) is 20.9. The molecule has 1 unspecified atom stereocenters. The van der Waals surface area contributed by atoms with Gasteiger partial charge in [0.2, 0.25) is 5.54 Å². The van der Waals surface area contributed by atoms with Crippen LogP contribution in [0.2, 0.25) is 0 Å². The zero-order chi connectivity index (χ0) is 9.78. The van der Waals surface area contributed by atoms with Gasteiger partial charge in [0.1, 0.15) is 5.78 Å². The molecule has 0 aliphatic heterocycles. The number of carbonyl (C=O) groups is 1. The molecule has 0 rings (SSSR count).